The van der Waals surface area contributed by atoms with Gasteiger partial charge in [-0.3, -0.25) is 4.79 Å². The van der Waals surface area contributed by atoms with E-state index in [2.05, 4.69) is 4.74 Å². The highest BCUT2D eigenvalue weighted by Gasteiger charge is 1.99. The molecule has 0 aromatic heterocycles. The summed E-state index contributed by atoms with van der Waals surface area (Å²) in [5.74, 6) is -1.53. The van der Waals surface area contributed by atoms with Crippen molar-refractivity contribution in [2.24, 2.45) is 5.73 Å². The third kappa shape index (κ3) is 13.8. The lowest BCUT2D eigenvalue weighted by molar-refractivity contribution is -0.146. The largest absolute Gasteiger partial charge is 0.480 e. The van der Waals surface area contributed by atoms with Gasteiger partial charge in [-0.25, -0.2) is 4.79 Å². The van der Waals surface area contributed by atoms with Crippen LogP contribution in [0.5, 0.6) is 0 Å². The molecule has 6 nitrogen and oxygen atoms in total. The lowest BCUT2D eigenvalue weighted by Gasteiger charge is -1.93. The molecule has 0 aliphatic heterocycles. The molecule has 0 bridgehead atoms. The van der Waals surface area contributed by atoms with Gasteiger partial charge in [0.25, 0.3) is 0 Å². The van der Waals surface area contributed by atoms with Crippen LogP contribution in [0.15, 0.2) is 0 Å². The number of aliphatic hydroxyl groups is 1. The highest BCUT2D eigenvalue weighted by Crippen LogP contribution is 1.71. The molecule has 6 heteroatoms. The van der Waals surface area contributed by atoms with E-state index in [1.807, 2.05) is 0 Å². The Morgan fingerprint density at radius 3 is 2.00 bits per heavy atom. The van der Waals surface area contributed by atoms with Gasteiger partial charge in [0.05, 0.1) is 6.61 Å². The molecule has 0 amide bonds. The van der Waals surface area contributed by atoms with Gasteiger partial charge in [-0.2, -0.15) is 0 Å². The maximum Gasteiger partial charge on any atom is 0.331 e. The third-order valence-corrected chi connectivity index (χ3v) is 0.824. The van der Waals surface area contributed by atoms with Gasteiger partial charge >= 0.3 is 11.9 Å². The third-order valence-electron chi connectivity index (χ3n) is 0.824. The molecule has 0 rings (SSSR count). The Kier molecular flexibility index (Phi) is 9.91. The Morgan fingerprint density at radius 1 is 1.54 bits per heavy atom. The number of carbonyl (C=O) groups is 2. The Hall–Kier alpha value is -1.14. The molecule has 78 valence electrons. The van der Waals surface area contributed by atoms with Gasteiger partial charge in [0.2, 0.25) is 0 Å². The van der Waals surface area contributed by atoms with Crippen LogP contribution >= 0.6 is 0 Å². The second-order valence-corrected chi connectivity index (χ2v) is 2.09. The first kappa shape index (κ1) is 14.4. The number of rotatable bonds is 3. The zero-order valence-corrected chi connectivity index (χ0v) is 7.69. The number of carbonyl (C=O) groups excluding carboxylic acids is 1. The maximum atomic E-state index is 9.94. The lowest BCUT2D eigenvalue weighted by Crippen LogP contribution is -2.25. The topological polar surface area (TPSA) is 110 Å². The van der Waals surface area contributed by atoms with Crippen LogP contribution in [-0.2, 0) is 14.3 Å². The smallest absolute Gasteiger partial charge is 0.331 e. The van der Waals surface area contributed by atoms with Crippen molar-refractivity contribution in [3.8, 4) is 0 Å². The summed E-state index contributed by atoms with van der Waals surface area (Å²) in [6.07, 6.45) is 0. The number of hydrogen-bond donors (Lipinski definition) is 3. The molecule has 0 aromatic rings. The molecule has 1 unspecified atom stereocenters. The monoisotopic (exact) mass is 193 g/mol. The van der Waals surface area contributed by atoms with Crippen molar-refractivity contribution in [3.05, 3.63) is 0 Å². The van der Waals surface area contributed by atoms with Crippen LogP contribution in [0.2, 0.25) is 0 Å². The van der Waals surface area contributed by atoms with Gasteiger partial charge in [-0.1, -0.05) is 0 Å². The summed E-state index contributed by atoms with van der Waals surface area (Å²) in [5.41, 5.74) is 4.84. The van der Waals surface area contributed by atoms with E-state index in [1.165, 1.54) is 6.92 Å². The van der Waals surface area contributed by atoms with Gasteiger partial charge in [-0.15, -0.1) is 0 Å². The van der Waals surface area contributed by atoms with Crippen LogP contribution in [0.4, 0.5) is 0 Å². The number of aliphatic carboxylic acids is 1. The van der Waals surface area contributed by atoms with E-state index < -0.39 is 24.6 Å². The van der Waals surface area contributed by atoms with E-state index in [1.54, 1.807) is 6.92 Å². The maximum absolute atomic E-state index is 9.94. The van der Waals surface area contributed by atoms with Gasteiger partial charge < -0.3 is 20.7 Å². The first-order chi connectivity index (χ1) is 5.95. The summed E-state index contributed by atoms with van der Waals surface area (Å²) < 4.78 is 4.30. The number of ether oxygens (including phenoxy) is 1. The second-order valence-electron chi connectivity index (χ2n) is 2.09. The van der Waals surface area contributed by atoms with Crippen LogP contribution in [-0.4, -0.2) is 41.4 Å². The highest BCUT2D eigenvalue weighted by molar-refractivity contribution is 5.72. The van der Waals surface area contributed by atoms with Gasteiger partial charge in [0, 0.05) is 0 Å². The van der Waals surface area contributed by atoms with Crippen molar-refractivity contribution < 1.29 is 24.5 Å². The molecule has 0 saturated heterocycles. The molecular formula is C7H15NO5. The van der Waals surface area contributed by atoms with Gasteiger partial charge in [0.15, 0.2) is 0 Å². The zero-order valence-electron chi connectivity index (χ0n) is 7.69. The second kappa shape index (κ2) is 8.95. The van der Waals surface area contributed by atoms with Crippen LogP contribution in [0, 0.1) is 0 Å². The fourth-order valence-corrected chi connectivity index (χ4v) is 0.207. The minimum absolute atomic E-state index is 0.333. The lowest BCUT2D eigenvalue weighted by atomic mass is 10.4. The van der Waals surface area contributed by atoms with Crippen molar-refractivity contribution in [2.75, 3.05) is 13.2 Å². The molecule has 0 aromatic carbocycles. The van der Waals surface area contributed by atoms with Crippen molar-refractivity contribution in [2.45, 2.75) is 19.9 Å². The van der Waals surface area contributed by atoms with Gasteiger partial charge in [0.1, 0.15) is 12.6 Å². The van der Waals surface area contributed by atoms with Crippen molar-refractivity contribution >= 4 is 11.9 Å². The standard InChI is InChI=1S/C4H8O3.C3H7NO2/c1-2-7-4(6)3-5;1-2(4)3(5)6/h5H,2-3H2,1H3;2H,4H2,1H3,(H,5,6). The summed E-state index contributed by atoms with van der Waals surface area (Å²) in [6, 6.07) is -0.731. The van der Waals surface area contributed by atoms with Crippen LogP contribution in [0.3, 0.4) is 0 Å². The minimum Gasteiger partial charge on any atom is -0.480 e. The minimum atomic E-state index is -0.963. The number of aliphatic hydroxyl groups excluding tert-OH is 1. The fourth-order valence-electron chi connectivity index (χ4n) is 0.207. The number of nitrogens with two attached hydrogens (primary N) is 1. The Bertz CT molecular complexity index is 157. The van der Waals surface area contributed by atoms with Crippen LogP contribution < -0.4 is 5.73 Å². The summed E-state index contributed by atoms with van der Waals surface area (Å²) >= 11 is 0. The Balaban J connectivity index is 0. The Morgan fingerprint density at radius 2 is 1.92 bits per heavy atom. The number of hydrogen-bond acceptors (Lipinski definition) is 5. The predicted molar refractivity (Wildman–Crippen MR) is 45.0 cm³/mol. The molecular weight excluding hydrogens is 178 g/mol. The molecule has 0 spiro atoms. The number of carboxylic acids is 1. The zero-order chi connectivity index (χ0) is 10.9. The number of carboxylic acid groups (broad SMARTS) is 1. The van der Waals surface area contributed by atoms with E-state index in [9.17, 15) is 9.59 Å². The quantitative estimate of drug-likeness (QED) is 0.494. The van der Waals surface area contributed by atoms with Crippen LogP contribution in [0.25, 0.3) is 0 Å². The van der Waals surface area contributed by atoms with Crippen molar-refractivity contribution in [1.29, 1.82) is 0 Å². The first-order valence-electron chi connectivity index (χ1n) is 3.70. The molecule has 0 heterocycles. The molecule has 0 aliphatic carbocycles. The van der Waals surface area contributed by atoms with Crippen molar-refractivity contribution in [3.63, 3.8) is 0 Å². The molecule has 0 fully saturated rings. The average Bonchev–Trinajstić information content (AvgIpc) is 2.05. The fraction of sp³-hybridized carbons (Fsp3) is 0.714. The summed E-state index contributed by atoms with van der Waals surface area (Å²) in [5, 5.41) is 15.9. The first-order valence-corrected chi connectivity index (χ1v) is 3.70. The van der Waals surface area contributed by atoms with Crippen LogP contribution in [0.1, 0.15) is 13.8 Å². The number of esters is 1. The molecule has 0 radical (unpaired) electrons. The average molecular weight is 193 g/mol. The SMILES string of the molecule is CC(N)C(=O)O.CCOC(=O)CO. The molecule has 0 saturated carbocycles. The molecule has 13 heavy (non-hydrogen) atoms. The van der Waals surface area contributed by atoms with E-state index in [0.29, 0.717) is 6.61 Å². The van der Waals surface area contributed by atoms with E-state index in [4.69, 9.17) is 15.9 Å². The Labute approximate surface area is 76.3 Å². The van der Waals surface area contributed by atoms with Gasteiger partial charge in [-0.05, 0) is 13.8 Å². The molecule has 4 N–H and O–H groups in total. The molecule has 1 atom stereocenters. The highest BCUT2D eigenvalue weighted by atomic mass is 16.5. The summed E-state index contributed by atoms with van der Waals surface area (Å²) in [7, 11) is 0. The molecule has 0 aliphatic rings. The van der Waals surface area contributed by atoms with E-state index >= 15 is 0 Å². The van der Waals surface area contributed by atoms with E-state index in [0.717, 1.165) is 0 Å². The van der Waals surface area contributed by atoms with E-state index in [-0.39, 0.29) is 0 Å². The predicted octanol–water partition coefficient (Wildman–Crippen LogP) is -1.04. The summed E-state index contributed by atoms with van der Waals surface area (Å²) in [4.78, 5) is 19.5. The normalized spacial score (nSPS) is 10.8. The van der Waals surface area contributed by atoms with Crippen molar-refractivity contribution in [1.82, 2.24) is 0 Å². The summed E-state index contributed by atoms with van der Waals surface area (Å²) in [6.45, 7) is 2.92.